The lowest BCUT2D eigenvalue weighted by Gasteiger charge is -2.33. The molecule has 1 amide bonds. The number of carbonyl (C=O) groups is 1. The third kappa shape index (κ3) is 5.08. The van der Waals surface area contributed by atoms with Gasteiger partial charge in [0.05, 0.1) is 0 Å². The second kappa shape index (κ2) is 10.3. The number of fused-ring (bicyclic) bond motifs is 1. The van der Waals surface area contributed by atoms with Gasteiger partial charge in [0.15, 0.2) is 5.69 Å². The fourth-order valence-corrected chi connectivity index (χ4v) is 5.51. The summed E-state index contributed by atoms with van der Waals surface area (Å²) in [5.74, 6) is 0.154. The largest absolute Gasteiger partial charge is 0.335 e. The van der Waals surface area contributed by atoms with E-state index >= 15 is 0 Å². The molecule has 0 spiro atoms. The Morgan fingerprint density at radius 3 is 2.40 bits per heavy atom. The Hall–Kier alpha value is -1.40. The van der Waals surface area contributed by atoms with Gasteiger partial charge in [-0.3, -0.25) is 9.48 Å². The maximum absolute atomic E-state index is 13.4. The summed E-state index contributed by atoms with van der Waals surface area (Å²) >= 11 is 0. The average molecular weight is 416 g/mol. The van der Waals surface area contributed by atoms with Crippen LogP contribution in [-0.4, -0.2) is 70.8 Å². The number of aryl methyl sites for hydroxylation is 1. The molecule has 1 saturated heterocycles. The molecule has 0 bridgehead atoms. The Morgan fingerprint density at radius 2 is 1.70 bits per heavy atom. The van der Waals surface area contributed by atoms with Gasteiger partial charge < -0.3 is 15.1 Å². The molecule has 2 fully saturated rings. The van der Waals surface area contributed by atoms with E-state index in [0.717, 1.165) is 57.7 Å². The molecule has 2 aliphatic carbocycles. The Morgan fingerprint density at radius 1 is 1.00 bits per heavy atom. The van der Waals surface area contributed by atoms with Crippen LogP contribution in [0.3, 0.4) is 0 Å². The van der Waals surface area contributed by atoms with E-state index < -0.39 is 0 Å². The van der Waals surface area contributed by atoms with Gasteiger partial charge in [-0.05, 0) is 45.6 Å². The first-order chi connectivity index (χ1) is 14.7. The van der Waals surface area contributed by atoms with Crippen molar-refractivity contribution in [2.45, 2.75) is 96.2 Å². The van der Waals surface area contributed by atoms with Gasteiger partial charge in [0.1, 0.15) is 0 Å². The monoisotopic (exact) mass is 415 g/mol. The summed E-state index contributed by atoms with van der Waals surface area (Å²) in [4.78, 5) is 17.7. The lowest BCUT2D eigenvalue weighted by molar-refractivity contribution is 0.0656. The van der Waals surface area contributed by atoms with E-state index in [0.29, 0.717) is 12.1 Å². The highest BCUT2D eigenvalue weighted by Crippen LogP contribution is 2.28. The molecule has 2 heterocycles. The molecule has 0 radical (unpaired) electrons. The van der Waals surface area contributed by atoms with Gasteiger partial charge in [0.25, 0.3) is 5.91 Å². The molecule has 1 aromatic rings. The maximum Gasteiger partial charge on any atom is 0.274 e. The third-order valence-corrected chi connectivity index (χ3v) is 7.35. The van der Waals surface area contributed by atoms with Crippen LogP contribution in [0, 0.1) is 0 Å². The van der Waals surface area contributed by atoms with Gasteiger partial charge in [-0.25, -0.2) is 0 Å². The minimum absolute atomic E-state index is 0.154. The number of aromatic nitrogens is 2. The number of hydrogen-bond donors (Lipinski definition) is 1. The van der Waals surface area contributed by atoms with Crippen molar-refractivity contribution in [1.29, 1.82) is 0 Å². The third-order valence-electron chi connectivity index (χ3n) is 7.35. The minimum Gasteiger partial charge on any atom is -0.335 e. The second-order valence-electron chi connectivity index (χ2n) is 9.74. The Balaban J connectivity index is 1.49. The molecule has 1 saturated carbocycles. The first kappa shape index (κ1) is 21.8. The van der Waals surface area contributed by atoms with Crippen LogP contribution in [0.15, 0.2) is 0 Å². The number of nitrogens with one attached hydrogen (secondary N) is 1. The molecule has 6 heteroatoms. The molecular weight excluding hydrogens is 374 g/mol. The van der Waals surface area contributed by atoms with Crippen molar-refractivity contribution in [3.05, 3.63) is 17.0 Å². The first-order valence-electron chi connectivity index (χ1n) is 12.5. The van der Waals surface area contributed by atoms with Crippen molar-refractivity contribution in [2.24, 2.45) is 0 Å². The van der Waals surface area contributed by atoms with Crippen LogP contribution in [0.25, 0.3) is 0 Å². The van der Waals surface area contributed by atoms with Gasteiger partial charge in [-0.15, -0.1) is 0 Å². The van der Waals surface area contributed by atoms with Crippen LogP contribution in [-0.2, 0) is 19.4 Å². The van der Waals surface area contributed by atoms with Crippen LogP contribution in [0.5, 0.6) is 0 Å². The van der Waals surface area contributed by atoms with Crippen LogP contribution in [0.2, 0.25) is 0 Å². The van der Waals surface area contributed by atoms with Crippen LogP contribution >= 0.6 is 0 Å². The summed E-state index contributed by atoms with van der Waals surface area (Å²) in [6.07, 6.45) is 13.8. The normalized spacial score (nSPS) is 24.3. The summed E-state index contributed by atoms with van der Waals surface area (Å²) in [7, 11) is 2.13. The van der Waals surface area contributed by atoms with Gasteiger partial charge in [-0.2, -0.15) is 5.10 Å². The molecule has 1 N–H and O–H groups in total. The van der Waals surface area contributed by atoms with Gasteiger partial charge in [0.2, 0.25) is 0 Å². The topological polar surface area (TPSA) is 53.4 Å². The van der Waals surface area contributed by atoms with E-state index in [4.69, 9.17) is 5.10 Å². The Labute approximate surface area is 182 Å². The molecule has 30 heavy (non-hydrogen) atoms. The molecule has 1 aromatic heterocycles. The number of amides is 1. The fourth-order valence-electron chi connectivity index (χ4n) is 5.51. The zero-order chi connectivity index (χ0) is 20.9. The minimum atomic E-state index is 0.154. The highest BCUT2D eigenvalue weighted by Gasteiger charge is 2.32. The number of carbonyl (C=O) groups excluding carboxylic acids is 1. The van der Waals surface area contributed by atoms with Gasteiger partial charge in [0, 0.05) is 56.1 Å². The van der Waals surface area contributed by atoms with E-state index in [2.05, 4.69) is 28.9 Å². The molecule has 1 atom stereocenters. The maximum atomic E-state index is 13.4. The van der Waals surface area contributed by atoms with Crippen molar-refractivity contribution in [3.8, 4) is 0 Å². The molecule has 1 aliphatic heterocycles. The van der Waals surface area contributed by atoms with Crippen molar-refractivity contribution < 1.29 is 4.79 Å². The fraction of sp³-hybridized carbons (Fsp3) is 0.833. The van der Waals surface area contributed by atoms with E-state index in [1.807, 2.05) is 4.90 Å². The predicted molar refractivity (Wildman–Crippen MR) is 121 cm³/mol. The summed E-state index contributed by atoms with van der Waals surface area (Å²) in [6, 6.07) is 1.14. The average Bonchev–Trinajstić information content (AvgIpc) is 3.08. The SMILES string of the molecule is CCCn1nc(C(=O)N2CCN(C)CC2)c2c1CCC(NC1CCCCCCC1)C2. The summed E-state index contributed by atoms with van der Waals surface area (Å²) in [5.41, 5.74) is 3.30. The molecule has 1 unspecified atom stereocenters. The van der Waals surface area contributed by atoms with E-state index in [-0.39, 0.29) is 5.91 Å². The van der Waals surface area contributed by atoms with E-state index in [9.17, 15) is 4.79 Å². The molecule has 0 aromatic carbocycles. The number of nitrogens with zero attached hydrogens (tertiary/aromatic N) is 4. The quantitative estimate of drug-likeness (QED) is 0.802. The van der Waals surface area contributed by atoms with Crippen molar-refractivity contribution >= 4 is 5.91 Å². The number of hydrogen-bond acceptors (Lipinski definition) is 4. The number of likely N-dealkylation sites (N-methyl/N-ethyl adjacent to an activating group) is 1. The smallest absolute Gasteiger partial charge is 0.274 e. The molecule has 168 valence electrons. The lowest BCUT2D eigenvalue weighted by atomic mass is 9.89. The summed E-state index contributed by atoms with van der Waals surface area (Å²) in [5, 5.41) is 8.86. The summed E-state index contributed by atoms with van der Waals surface area (Å²) in [6.45, 7) is 6.64. The van der Waals surface area contributed by atoms with E-state index in [1.165, 1.54) is 62.6 Å². The highest BCUT2D eigenvalue weighted by molar-refractivity contribution is 5.94. The molecule has 3 aliphatic rings. The van der Waals surface area contributed by atoms with E-state index in [1.54, 1.807) is 0 Å². The van der Waals surface area contributed by atoms with Crippen LogP contribution in [0.4, 0.5) is 0 Å². The summed E-state index contributed by atoms with van der Waals surface area (Å²) < 4.78 is 2.14. The molecular formula is C24H41N5O. The zero-order valence-electron chi connectivity index (χ0n) is 19.2. The predicted octanol–water partition coefficient (Wildman–Crippen LogP) is 3.24. The standard InChI is InChI=1S/C24H41N5O/c1-3-13-29-22-12-11-20(25-19-9-7-5-4-6-8-10-19)18-21(22)23(26-29)24(30)28-16-14-27(2)15-17-28/h19-20,25H,3-18H2,1-2H3. The lowest BCUT2D eigenvalue weighted by Crippen LogP contribution is -2.47. The Kier molecular flexibility index (Phi) is 7.47. The molecule has 6 nitrogen and oxygen atoms in total. The first-order valence-corrected chi connectivity index (χ1v) is 12.5. The van der Waals surface area contributed by atoms with Gasteiger partial charge in [-0.1, -0.05) is 39.0 Å². The number of piperazine rings is 1. The highest BCUT2D eigenvalue weighted by atomic mass is 16.2. The van der Waals surface area contributed by atoms with Crippen molar-refractivity contribution in [3.63, 3.8) is 0 Å². The number of rotatable bonds is 5. The van der Waals surface area contributed by atoms with Gasteiger partial charge >= 0.3 is 0 Å². The second-order valence-corrected chi connectivity index (χ2v) is 9.74. The van der Waals surface area contributed by atoms with Crippen LogP contribution in [0.1, 0.15) is 86.5 Å². The zero-order valence-corrected chi connectivity index (χ0v) is 19.2. The Bertz CT molecular complexity index is 699. The van der Waals surface area contributed by atoms with Crippen molar-refractivity contribution in [2.75, 3.05) is 33.2 Å². The van der Waals surface area contributed by atoms with Crippen molar-refractivity contribution in [1.82, 2.24) is 24.9 Å². The van der Waals surface area contributed by atoms with Crippen LogP contribution < -0.4 is 5.32 Å². The molecule has 4 rings (SSSR count).